The lowest BCUT2D eigenvalue weighted by atomic mass is 9.66. The number of methoxy groups -OCH3 is 3. The number of aliphatic hydroxyl groups is 1. The van der Waals surface area contributed by atoms with E-state index in [1.54, 1.807) is 45.6 Å². The molecular formula is C27H34N2O6. The summed E-state index contributed by atoms with van der Waals surface area (Å²) >= 11 is 0. The lowest BCUT2D eigenvalue weighted by Crippen LogP contribution is -2.56. The van der Waals surface area contributed by atoms with Crippen LogP contribution in [-0.2, 0) is 4.79 Å². The van der Waals surface area contributed by atoms with Crippen LogP contribution < -0.4 is 19.5 Å². The van der Waals surface area contributed by atoms with E-state index in [0.717, 1.165) is 31.2 Å². The molecule has 2 aromatic rings. The fraction of sp³-hybridized carbons (Fsp3) is 0.481. The van der Waals surface area contributed by atoms with Gasteiger partial charge in [-0.15, -0.1) is 0 Å². The van der Waals surface area contributed by atoms with Gasteiger partial charge in [0.2, 0.25) is 11.7 Å². The van der Waals surface area contributed by atoms with E-state index in [2.05, 4.69) is 5.32 Å². The maximum Gasteiger partial charge on any atom is 0.254 e. The van der Waals surface area contributed by atoms with Crippen molar-refractivity contribution in [1.82, 2.24) is 4.90 Å². The first-order valence-electron chi connectivity index (χ1n) is 12.0. The van der Waals surface area contributed by atoms with E-state index in [1.165, 1.54) is 6.92 Å². The van der Waals surface area contributed by atoms with Crippen molar-refractivity contribution in [2.75, 3.05) is 33.2 Å². The van der Waals surface area contributed by atoms with E-state index in [9.17, 15) is 14.7 Å². The molecule has 1 saturated heterocycles. The number of ether oxygens (including phenoxy) is 3. The molecule has 3 atom stereocenters. The number of anilines is 1. The zero-order chi connectivity index (χ0) is 25.2. The number of piperidine rings is 1. The number of hydrogen-bond acceptors (Lipinski definition) is 6. The van der Waals surface area contributed by atoms with Gasteiger partial charge in [-0.1, -0.05) is 18.9 Å². The Balaban J connectivity index is 1.80. The van der Waals surface area contributed by atoms with Crippen molar-refractivity contribution < 1.29 is 28.9 Å². The number of likely N-dealkylation sites (tertiary alicyclic amines) is 1. The Kier molecular flexibility index (Phi) is 7.21. The number of benzene rings is 2. The average Bonchev–Trinajstić information content (AvgIpc) is 2.86. The number of hydrogen-bond donors (Lipinski definition) is 2. The number of nitrogens with one attached hydrogen (secondary N) is 1. The van der Waals surface area contributed by atoms with Gasteiger partial charge in [-0.05, 0) is 55.2 Å². The summed E-state index contributed by atoms with van der Waals surface area (Å²) < 4.78 is 16.7. The zero-order valence-corrected chi connectivity index (χ0v) is 20.8. The van der Waals surface area contributed by atoms with Gasteiger partial charge >= 0.3 is 0 Å². The first-order chi connectivity index (χ1) is 16.8. The lowest BCUT2D eigenvalue weighted by molar-refractivity contribution is -0.115. The summed E-state index contributed by atoms with van der Waals surface area (Å²) in [6.07, 6.45) is 4.03. The van der Waals surface area contributed by atoms with Crippen molar-refractivity contribution in [1.29, 1.82) is 0 Å². The molecule has 2 aromatic carbocycles. The standard InChI is InChI=1S/C27H34N2O6/c1-17(30)28-20-9-7-8-18(14-20)26(31)29-13-12-27(32)11-6-5-10-21(27)24(29)19-15-22(33-2)25(35-4)23(16-19)34-3/h7-9,14-16,21,24,32H,5-6,10-13H2,1-4H3,(H,28,30)/t21-,24-,27+/m1/s1. The number of carbonyl (C=O) groups excluding carboxylic acids is 2. The average molecular weight is 483 g/mol. The monoisotopic (exact) mass is 482 g/mol. The van der Waals surface area contributed by atoms with Crippen LogP contribution in [0, 0.1) is 5.92 Å². The molecule has 2 N–H and O–H groups in total. The van der Waals surface area contributed by atoms with Gasteiger partial charge in [0.1, 0.15) is 0 Å². The third-order valence-corrected chi connectivity index (χ3v) is 7.29. The Labute approximate surface area is 206 Å². The van der Waals surface area contributed by atoms with Gasteiger partial charge < -0.3 is 29.5 Å². The topological polar surface area (TPSA) is 97.3 Å². The Morgan fingerprint density at radius 2 is 1.74 bits per heavy atom. The van der Waals surface area contributed by atoms with Gasteiger partial charge in [0.25, 0.3) is 5.91 Å². The molecule has 1 aliphatic heterocycles. The van der Waals surface area contributed by atoms with Crippen molar-refractivity contribution >= 4 is 17.5 Å². The van der Waals surface area contributed by atoms with Crippen molar-refractivity contribution in [3.8, 4) is 17.2 Å². The molecule has 2 fully saturated rings. The molecule has 0 radical (unpaired) electrons. The first kappa shape index (κ1) is 24.9. The molecule has 35 heavy (non-hydrogen) atoms. The summed E-state index contributed by atoms with van der Waals surface area (Å²) in [4.78, 5) is 27.3. The summed E-state index contributed by atoms with van der Waals surface area (Å²) in [6, 6.07) is 10.3. The fourth-order valence-corrected chi connectivity index (χ4v) is 5.69. The summed E-state index contributed by atoms with van der Waals surface area (Å²) in [5.74, 6) is 1.02. The SMILES string of the molecule is COc1cc([C@@H]2[C@H]3CCCC[C@]3(O)CCN2C(=O)c2cccc(NC(C)=O)c2)cc(OC)c1OC. The molecule has 188 valence electrons. The van der Waals surface area contributed by atoms with Crippen molar-refractivity contribution in [3.63, 3.8) is 0 Å². The highest BCUT2D eigenvalue weighted by Crippen LogP contribution is 2.51. The van der Waals surface area contributed by atoms with Gasteiger partial charge in [0, 0.05) is 30.6 Å². The maximum absolute atomic E-state index is 13.9. The molecule has 2 aliphatic rings. The van der Waals surface area contributed by atoms with Crippen LogP contribution in [-0.4, -0.2) is 55.3 Å². The van der Waals surface area contributed by atoms with Crippen molar-refractivity contribution in [2.24, 2.45) is 5.92 Å². The molecule has 4 rings (SSSR count). The number of amides is 2. The predicted octanol–water partition coefficient (Wildman–Crippen LogP) is 4.18. The molecule has 0 unspecified atom stereocenters. The first-order valence-corrected chi connectivity index (χ1v) is 12.0. The van der Waals surface area contributed by atoms with E-state index in [-0.39, 0.29) is 23.8 Å². The minimum Gasteiger partial charge on any atom is -0.493 e. The fourth-order valence-electron chi connectivity index (χ4n) is 5.69. The van der Waals surface area contributed by atoms with E-state index < -0.39 is 5.60 Å². The quantitative estimate of drug-likeness (QED) is 0.641. The van der Waals surface area contributed by atoms with E-state index in [4.69, 9.17) is 14.2 Å². The van der Waals surface area contributed by atoms with Crippen LogP contribution in [0.2, 0.25) is 0 Å². The highest BCUT2D eigenvalue weighted by molar-refractivity contribution is 5.97. The van der Waals surface area contributed by atoms with Crippen LogP contribution in [0.3, 0.4) is 0 Å². The second-order valence-corrected chi connectivity index (χ2v) is 9.37. The minimum absolute atomic E-state index is 0.129. The zero-order valence-electron chi connectivity index (χ0n) is 20.8. The molecule has 1 heterocycles. The van der Waals surface area contributed by atoms with Crippen LogP contribution in [0.4, 0.5) is 5.69 Å². The molecule has 0 bridgehead atoms. The van der Waals surface area contributed by atoms with Gasteiger partial charge in [-0.25, -0.2) is 0 Å². The molecular weight excluding hydrogens is 448 g/mol. The third-order valence-electron chi connectivity index (χ3n) is 7.29. The molecule has 8 heteroatoms. The van der Waals surface area contributed by atoms with Crippen LogP contribution in [0.25, 0.3) is 0 Å². The van der Waals surface area contributed by atoms with Gasteiger partial charge in [0.05, 0.1) is 33.0 Å². The van der Waals surface area contributed by atoms with Crippen molar-refractivity contribution in [3.05, 3.63) is 47.5 Å². The van der Waals surface area contributed by atoms with E-state index in [0.29, 0.717) is 41.5 Å². The summed E-state index contributed by atoms with van der Waals surface area (Å²) in [5.41, 5.74) is 1.04. The van der Waals surface area contributed by atoms with Crippen LogP contribution in [0.5, 0.6) is 17.2 Å². The lowest BCUT2D eigenvalue weighted by Gasteiger charge is -2.52. The highest BCUT2D eigenvalue weighted by atomic mass is 16.5. The minimum atomic E-state index is -0.835. The molecule has 1 aliphatic carbocycles. The second-order valence-electron chi connectivity index (χ2n) is 9.37. The Hall–Kier alpha value is -3.26. The molecule has 1 saturated carbocycles. The second kappa shape index (κ2) is 10.2. The highest BCUT2D eigenvalue weighted by Gasteiger charge is 2.50. The van der Waals surface area contributed by atoms with E-state index in [1.807, 2.05) is 17.0 Å². The van der Waals surface area contributed by atoms with Crippen LogP contribution in [0.1, 0.15) is 61.0 Å². The van der Waals surface area contributed by atoms with E-state index >= 15 is 0 Å². The van der Waals surface area contributed by atoms with Crippen LogP contribution >= 0.6 is 0 Å². The van der Waals surface area contributed by atoms with Gasteiger partial charge in [-0.2, -0.15) is 0 Å². The summed E-state index contributed by atoms with van der Waals surface area (Å²) in [5, 5.41) is 14.4. The Morgan fingerprint density at radius 1 is 1.03 bits per heavy atom. The number of fused-ring (bicyclic) bond motifs is 1. The van der Waals surface area contributed by atoms with Gasteiger partial charge in [0.15, 0.2) is 11.5 Å². The molecule has 8 nitrogen and oxygen atoms in total. The number of rotatable bonds is 6. The van der Waals surface area contributed by atoms with Gasteiger partial charge in [-0.3, -0.25) is 9.59 Å². The third kappa shape index (κ3) is 4.80. The molecule has 0 spiro atoms. The normalized spacial score (nSPS) is 23.7. The smallest absolute Gasteiger partial charge is 0.254 e. The largest absolute Gasteiger partial charge is 0.493 e. The molecule has 2 amide bonds. The number of carbonyl (C=O) groups is 2. The predicted molar refractivity (Wildman–Crippen MR) is 132 cm³/mol. The Morgan fingerprint density at radius 3 is 2.37 bits per heavy atom. The summed E-state index contributed by atoms with van der Waals surface area (Å²) in [7, 11) is 4.68. The summed E-state index contributed by atoms with van der Waals surface area (Å²) in [6.45, 7) is 1.85. The number of nitrogens with zero attached hydrogens (tertiary/aromatic N) is 1. The van der Waals surface area contributed by atoms with Crippen LogP contribution in [0.15, 0.2) is 36.4 Å². The molecule has 0 aromatic heterocycles. The van der Waals surface area contributed by atoms with Crippen molar-refractivity contribution in [2.45, 2.75) is 50.7 Å². The Bertz CT molecular complexity index is 1080. The maximum atomic E-state index is 13.9.